The summed E-state index contributed by atoms with van der Waals surface area (Å²) in [6.07, 6.45) is 9.82. The van der Waals surface area contributed by atoms with E-state index in [1.165, 1.54) is 37.0 Å². The molecular formula is C17H26N4. The minimum absolute atomic E-state index is 0.196. The molecule has 0 aliphatic carbocycles. The van der Waals surface area contributed by atoms with Crippen LogP contribution in [0.25, 0.3) is 11.0 Å². The molecule has 114 valence electrons. The van der Waals surface area contributed by atoms with E-state index in [2.05, 4.69) is 34.8 Å². The highest BCUT2D eigenvalue weighted by Gasteiger charge is 2.37. The van der Waals surface area contributed by atoms with Crippen molar-refractivity contribution in [3.8, 4) is 0 Å². The lowest BCUT2D eigenvalue weighted by molar-refractivity contribution is 0.268. The van der Waals surface area contributed by atoms with Gasteiger partial charge in [0.15, 0.2) is 0 Å². The van der Waals surface area contributed by atoms with Crippen LogP contribution in [0.4, 0.5) is 0 Å². The lowest BCUT2D eigenvalue weighted by Crippen LogP contribution is -2.45. The number of nitrogens with zero attached hydrogens (tertiary/aromatic N) is 3. The van der Waals surface area contributed by atoms with Crippen LogP contribution in [0.3, 0.4) is 0 Å². The first-order chi connectivity index (χ1) is 10.3. The summed E-state index contributed by atoms with van der Waals surface area (Å²) in [5.41, 5.74) is 2.48. The Balaban J connectivity index is 2.13. The largest absolute Gasteiger partial charge is 0.327 e. The van der Waals surface area contributed by atoms with Crippen LogP contribution in [-0.4, -0.2) is 27.6 Å². The predicted molar refractivity (Wildman–Crippen MR) is 86.5 cm³/mol. The fourth-order valence-electron chi connectivity index (χ4n) is 3.80. The molecule has 1 unspecified atom stereocenters. The smallest absolute Gasteiger partial charge is 0.117 e. The van der Waals surface area contributed by atoms with Crippen molar-refractivity contribution in [3.63, 3.8) is 0 Å². The van der Waals surface area contributed by atoms with Gasteiger partial charge in [-0.15, -0.1) is 0 Å². The van der Waals surface area contributed by atoms with E-state index in [1.807, 2.05) is 12.4 Å². The van der Waals surface area contributed by atoms with E-state index in [1.54, 1.807) is 0 Å². The maximum atomic E-state index is 5.01. The zero-order chi connectivity index (χ0) is 14.7. The van der Waals surface area contributed by atoms with Gasteiger partial charge in [-0.2, -0.15) is 0 Å². The fraction of sp³-hybridized carbons (Fsp3) is 0.647. The molecule has 21 heavy (non-hydrogen) atoms. The predicted octanol–water partition coefficient (Wildman–Crippen LogP) is 3.26. The topological polar surface area (TPSA) is 42.7 Å². The van der Waals surface area contributed by atoms with Gasteiger partial charge in [-0.3, -0.25) is 4.98 Å². The minimum Gasteiger partial charge on any atom is -0.327 e. The number of rotatable bonds is 5. The molecule has 1 saturated heterocycles. The molecule has 4 nitrogen and oxygen atoms in total. The normalized spacial score (nSPS) is 22.8. The van der Waals surface area contributed by atoms with Crippen molar-refractivity contribution < 1.29 is 0 Å². The van der Waals surface area contributed by atoms with Crippen LogP contribution >= 0.6 is 0 Å². The summed E-state index contributed by atoms with van der Waals surface area (Å²) in [6, 6.07) is 2.11. The van der Waals surface area contributed by atoms with Gasteiger partial charge in [0.05, 0.1) is 11.7 Å². The maximum absolute atomic E-state index is 5.01. The maximum Gasteiger partial charge on any atom is 0.117 e. The molecule has 0 spiro atoms. The van der Waals surface area contributed by atoms with E-state index in [4.69, 9.17) is 4.98 Å². The molecule has 1 fully saturated rings. The number of aryl methyl sites for hydroxylation is 1. The van der Waals surface area contributed by atoms with E-state index < -0.39 is 0 Å². The third-order valence-electron chi connectivity index (χ3n) is 4.67. The highest BCUT2D eigenvalue weighted by atomic mass is 15.1. The number of pyridine rings is 1. The summed E-state index contributed by atoms with van der Waals surface area (Å²) in [7, 11) is 0. The highest BCUT2D eigenvalue weighted by molar-refractivity contribution is 5.75. The second kappa shape index (κ2) is 6.14. The zero-order valence-electron chi connectivity index (χ0n) is 13.2. The number of hydrogen-bond acceptors (Lipinski definition) is 3. The van der Waals surface area contributed by atoms with Gasteiger partial charge in [-0.25, -0.2) is 4.98 Å². The average Bonchev–Trinajstić information content (AvgIpc) is 2.89. The van der Waals surface area contributed by atoms with Gasteiger partial charge in [0.1, 0.15) is 11.3 Å². The third kappa shape index (κ3) is 2.57. The van der Waals surface area contributed by atoms with E-state index in [0.29, 0.717) is 0 Å². The van der Waals surface area contributed by atoms with Gasteiger partial charge in [0.25, 0.3) is 0 Å². The van der Waals surface area contributed by atoms with Gasteiger partial charge in [0, 0.05) is 24.7 Å². The van der Waals surface area contributed by atoms with Crippen molar-refractivity contribution in [1.29, 1.82) is 0 Å². The average molecular weight is 286 g/mol. The third-order valence-corrected chi connectivity index (χ3v) is 4.67. The van der Waals surface area contributed by atoms with E-state index in [9.17, 15) is 0 Å². The van der Waals surface area contributed by atoms with Gasteiger partial charge >= 0.3 is 0 Å². The molecule has 0 aromatic carbocycles. The Bertz CT molecular complexity index is 590. The number of aromatic nitrogens is 3. The molecule has 3 heterocycles. The number of imidazole rings is 1. The van der Waals surface area contributed by atoms with Crippen molar-refractivity contribution in [2.24, 2.45) is 0 Å². The number of piperidine rings is 1. The van der Waals surface area contributed by atoms with Crippen LogP contribution in [0.5, 0.6) is 0 Å². The van der Waals surface area contributed by atoms with Gasteiger partial charge in [-0.1, -0.05) is 20.3 Å². The Kier molecular flexibility index (Phi) is 4.24. The summed E-state index contributed by atoms with van der Waals surface area (Å²) in [6.45, 7) is 7.76. The van der Waals surface area contributed by atoms with Crippen LogP contribution in [0, 0.1) is 0 Å². The van der Waals surface area contributed by atoms with Crippen LogP contribution in [0.2, 0.25) is 0 Å². The van der Waals surface area contributed by atoms with Crippen molar-refractivity contribution in [1.82, 2.24) is 19.9 Å². The first-order valence-corrected chi connectivity index (χ1v) is 8.32. The molecule has 2 aromatic heterocycles. The zero-order valence-corrected chi connectivity index (χ0v) is 13.2. The fourth-order valence-corrected chi connectivity index (χ4v) is 3.80. The van der Waals surface area contributed by atoms with Crippen LogP contribution in [0.15, 0.2) is 18.5 Å². The standard InChI is InChI=1S/C17H26N4/c1-3-7-17(8-5-9-19-13-17)16-20-14-12-18-10-6-15(14)21(16)11-4-2/h6,10,12,19H,3-5,7-9,11,13H2,1-2H3. The summed E-state index contributed by atoms with van der Waals surface area (Å²) in [4.78, 5) is 9.26. The quantitative estimate of drug-likeness (QED) is 0.917. The Morgan fingerprint density at radius 3 is 2.95 bits per heavy atom. The van der Waals surface area contributed by atoms with E-state index in [-0.39, 0.29) is 5.41 Å². The van der Waals surface area contributed by atoms with E-state index >= 15 is 0 Å². The summed E-state index contributed by atoms with van der Waals surface area (Å²) < 4.78 is 2.44. The molecule has 0 bridgehead atoms. The highest BCUT2D eigenvalue weighted by Crippen LogP contribution is 2.36. The van der Waals surface area contributed by atoms with Crippen molar-refractivity contribution in [2.45, 2.75) is 57.9 Å². The second-order valence-corrected chi connectivity index (χ2v) is 6.26. The summed E-state index contributed by atoms with van der Waals surface area (Å²) in [5.74, 6) is 1.28. The Hall–Kier alpha value is -1.42. The number of nitrogens with one attached hydrogen (secondary N) is 1. The molecule has 3 rings (SSSR count). The van der Waals surface area contributed by atoms with Gasteiger partial charge in [0.2, 0.25) is 0 Å². The van der Waals surface area contributed by atoms with Crippen LogP contribution < -0.4 is 5.32 Å². The van der Waals surface area contributed by atoms with Crippen LogP contribution in [-0.2, 0) is 12.0 Å². The molecule has 0 radical (unpaired) electrons. The van der Waals surface area contributed by atoms with E-state index in [0.717, 1.165) is 31.6 Å². The Morgan fingerprint density at radius 2 is 2.24 bits per heavy atom. The summed E-state index contributed by atoms with van der Waals surface area (Å²) in [5, 5.41) is 3.60. The minimum atomic E-state index is 0.196. The lowest BCUT2D eigenvalue weighted by Gasteiger charge is -2.37. The first kappa shape index (κ1) is 14.5. The number of hydrogen-bond donors (Lipinski definition) is 1. The molecule has 2 aromatic rings. The molecule has 1 aliphatic rings. The molecule has 1 N–H and O–H groups in total. The van der Waals surface area contributed by atoms with Crippen LogP contribution in [0.1, 0.15) is 51.8 Å². The van der Waals surface area contributed by atoms with Gasteiger partial charge in [-0.05, 0) is 38.3 Å². The summed E-state index contributed by atoms with van der Waals surface area (Å²) >= 11 is 0. The van der Waals surface area contributed by atoms with Crippen molar-refractivity contribution in [2.75, 3.05) is 13.1 Å². The first-order valence-electron chi connectivity index (χ1n) is 8.32. The Labute approximate surface area is 127 Å². The number of fused-ring (bicyclic) bond motifs is 1. The lowest BCUT2D eigenvalue weighted by atomic mass is 9.76. The molecule has 0 amide bonds. The molecule has 1 atom stereocenters. The SMILES string of the molecule is CCCn1c(C2(CCC)CCCNC2)nc2cnccc21. The molecule has 0 saturated carbocycles. The van der Waals surface area contributed by atoms with Gasteiger partial charge < -0.3 is 9.88 Å². The molecule has 1 aliphatic heterocycles. The molecule has 4 heteroatoms. The Morgan fingerprint density at radius 1 is 1.33 bits per heavy atom. The second-order valence-electron chi connectivity index (χ2n) is 6.26. The van der Waals surface area contributed by atoms with Crippen molar-refractivity contribution in [3.05, 3.63) is 24.3 Å². The molecular weight excluding hydrogens is 260 g/mol. The van der Waals surface area contributed by atoms with Crippen molar-refractivity contribution >= 4 is 11.0 Å². The monoisotopic (exact) mass is 286 g/mol.